The van der Waals surface area contributed by atoms with E-state index in [1.807, 2.05) is 13.8 Å². The molecule has 0 aliphatic heterocycles. The SMILES string of the molecule is CC(=O)Nc1c(C)cc(S(=O)(=O)Cl)cc1C(C)C. The lowest BCUT2D eigenvalue weighted by Crippen LogP contribution is -2.11. The minimum Gasteiger partial charge on any atom is -0.326 e. The molecule has 0 radical (unpaired) electrons. The van der Waals surface area contributed by atoms with Gasteiger partial charge in [0.05, 0.1) is 4.90 Å². The van der Waals surface area contributed by atoms with Crippen molar-refractivity contribution in [3.63, 3.8) is 0 Å². The molecular formula is C12H16ClNO3S. The number of aryl methyl sites for hydroxylation is 1. The number of benzene rings is 1. The zero-order chi connectivity index (χ0) is 14.1. The molecule has 0 unspecified atom stereocenters. The van der Waals surface area contributed by atoms with E-state index in [4.69, 9.17) is 10.7 Å². The van der Waals surface area contributed by atoms with Crippen LogP contribution in [-0.4, -0.2) is 14.3 Å². The Balaban J connectivity index is 3.50. The van der Waals surface area contributed by atoms with Gasteiger partial charge in [-0.1, -0.05) is 13.8 Å². The molecule has 1 rings (SSSR count). The summed E-state index contributed by atoms with van der Waals surface area (Å²) in [6.07, 6.45) is 0. The minimum atomic E-state index is -3.77. The predicted molar refractivity (Wildman–Crippen MR) is 72.6 cm³/mol. The van der Waals surface area contributed by atoms with Crippen LogP contribution in [0.1, 0.15) is 37.8 Å². The van der Waals surface area contributed by atoms with Crippen molar-refractivity contribution in [2.45, 2.75) is 38.5 Å². The number of hydrogen-bond donors (Lipinski definition) is 1. The minimum absolute atomic E-state index is 0.0551. The third kappa shape index (κ3) is 3.46. The molecule has 0 aliphatic carbocycles. The van der Waals surface area contributed by atoms with E-state index in [2.05, 4.69) is 5.32 Å². The van der Waals surface area contributed by atoms with E-state index in [1.165, 1.54) is 19.1 Å². The van der Waals surface area contributed by atoms with E-state index in [0.717, 1.165) is 5.56 Å². The standard InChI is InChI=1S/C12H16ClNO3S/c1-7(2)11-6-10(18(13,16)17)5-8(3)12(11)14-9(4)15/h5-7H,1-4H3,(H,14,15). The van der Waals surface area contributed by atoms with Gasteiger partial charge in [-0.2, -0.15) is 0 Å². The van der Waals surface area contributed by atoms with Crippen LogP contribution in [0.25, 0.3) is 0 Å². The van der Waals surface area contributed by atoms with Gasteiger partial charge < -0.3 is 5.32 Å². The Hall–Kier alpha value is -1.07. The normalized spacial score (nSPS) is 11.7. The molecule has 0 saturated heterocycles. The first-order valence-corrected chi connectivity index (χ1v) is 7.80. The molecule has 0 atom stereocenters. The highest BCUT2D eigenvalue weighted by Gasteiger charge is 2.18. The summed E-state index contributed by atoms with van der Waals surface area (Å²) in [7, 11) is 1.58. The monoisotopic (exact) mass is 289 g/mol. The van der Waals surface area contributed by atoms with Crippen LogP contribution >= 0.6 is 10.7 Å². The fraction of sp³-hybridized carbons (Fsp3) is 0.417. The third-order valence-electron chi connectivity index (χ3n) is 2.54. The average molecular weight is 290 g/mol. The topological polar surface area (TPSA) is 63.2 Å². The lowest BCUT2D eigenvalue weighted by molar-refractivity contribution is -0.114. The van der Waals surface area contributed by atoms with Crippen LogP contribution in [0, 0.1) is 6.92 Å². The first kappa shape index (κ1) is 15.0. The molecule has 0 aromatic heterocycles. The number of hydrogen-bond acceptors (Lipinski definition) is 3. The summed E-state index contributed by atoms with van der Waals surface area (Å²) in [4.78, 5) is 11.2. The van der Waals surface area contributed by atoms with Crippen molar-refractivity contribution in [2.75, 3.05) is 5.32 Å². The van der Waals surface area contributed by atoms with Gasteiger partial charge in [0, 0.05) is 23.3 Å². The number of carbonyl (C=O) groups is 1. The lowest BCUT2D eigenvalue weighted by atomic mass is 9.98. The Kier molecular flexibility index (Phi) is 4.40. The zero-order valence-electron chi connectivity index (χ0n) is 10.7. The predicted octanol–water partition coefficient (Wildman–Crippen LogP) is 3.00. The van der Waals surface area contributed by atoms with Gasteiger partial charge in [-0.25, -0.2) is 8.42 Å². The van der Waals surface area contributed by atoms with Crippen molar-refractivity contribution >= 4 is 31.3 Å². The van der Waals surface area contributed by atoms with Gasteiger partial charge in [-0.05, 0) is 36.1 Å². The number of amides is 1. The number of carbonyl (C=O) groups excluding carboxylic acids is 1. The van der Waals surface area contributed by atoms with Gasteiger partial charge in [0.2, 0.25) is 5.91 Å². The third-order valence-corrected chi connectivity index (χ3v) is 3.88. The molecule has 0 heterocycles. The quantitative estimate of drug-likeness (QED) is 0.870. The number of rotatable bonds is 3. The van der Waals surface area contributed by atoms with Crippen LogP contribution in [0.3, 0.4) is 0 Å². The molecular weight excluding hydrogens is 274 g/mol. The van der Waals surface area contributed by atoms with E-state index < -0.39 is 9.05 Å². The fourth-order valence-corrected chi connectivity index (χ4v) is 2.58. The Labute approximate surface area is 112 Å². The second kappa shape index (κ2) is 5.28. The maximum absolute atomic E-state index is 11.4. The Bertz CT molecular complexity index is 579. The van der Waals surface area contributed by atoms with Crippen LogP contribution in [-0.2, 0) is 13.8 Å². The molecule has 4 nitrogen and oxygen atoms in total. The summed E-state index contributed by atoms with van der Waals surface area (Å²) in [5, 5.41) is 2.72. The molecule has 0 bridgehead atoms. The van der Waals surface area contributed by atoms with Crippen LogP contribution in [0.5, 0.6) is 0 Å². The van der Waals surface area contributed by atoms with Crippen molar-refractivity contribution in [2.24, 2.45) is 0 Å². The highest BCUT2D eigenvalue weighted by molar-refractivity contribution is 8.13. The molecule has 18 heavy (non-hydrogen) atoms. The highest BCUT2D eigenvalue weighted by Crippen LogP contribution is 2.31. The summed E-state index contributed by atoms with van der Waals surface area (Å²) in [5.74, 6) is -0.120. The van der Waals surface area contributed by atoms with E-state index in [-0.39, 0.29) is 16.7 Å². The molecule has 0 saturated carbocycles. The smallest absolute Gasteiger partial charge is 0.261 e. The van der Waals surface area contributed by atoms with E-state index >= 15 is 0 Å². The Morgan fingerprint density at radius 1 is 1.33 bits per heavy atom. The first-order valence-electron chi connectivity index (χ1n) is 5.49. The average Bonchev–Trinajstić information content (AvgIpc) is 2.17. The zero-order valence-corrected chi connectivity index (χ0v) is 12.3. The van der Waals surface area contributed by atoms with Crippen LogP contribution < -0.4 is 5.32 Å². The number of anilines is 1. The van der Waals surface area contributed by atoms with E-state index in [9.17, 15) is 13.2 Å². The van der Waals surface area contributed by atoms with E-state index in [0.29, 0.717) is 11.3 Å². The summed E-state index contributed by atoms with van der Waals surface area (Å²) in [5.41, 5.74) is 2.08. The first-order chi connectivity index (χ1) is 8.12. The van der Waals surface area contributed by atoms with Crippen molar-refractivity contribution in [3.05, 3.63) is 23.3 Å². The molecule has 0 spiro atoms. The second-order valence-electron chi connectivity index (χ2n) is 4.48. The van der Waals surface area contributed by atoms with Gasteiger partial charge in [0.25, 0.3) is 9.05 Å². The van der Waals surface area contributed by atoms with Gasteiger partial charge >= 0.3 is 0 Å². The number of nitrogens with one attached hydrogen (secondary N) is 1. The maximum Gasteiger partial charge on any atom is 0.261 e. The summed E-state index contributed by atoms with van der Waals surface area (Å²) < 4.78 is 22.7. The number of halogens is 1. The van der Waals surface area contributed by atoms with Crippen molar-refractivity contribution in [3.8, 4) is 0 Å². The molecule has 0 fully saturated rings. The van der Waals surface area contributed by atoms with Gasteiger partial charge in [-0.3, -0.25) is 4.79 Å². The van der Waals surface area contributed by atoms with Gasteiger partial charge in [-0.15, -0.1) is 0 Å². The second-order valence-corrected chi connectivity index (χ2v) is 7.04. The molecule has 100 valence electrons. The summed E-state index contributed by atoms with van der Waals surface area (Å²) >= 11 is 0. The van der Waals surface area contributed by atoms with Crippen LogP contribution in [0.2, 0.25) is 0 Å². The molecule has 0 aliphatic rings. The Morgan fingerprint density at radius 2 is 1.89 bits per heavy atom. The van der Waals surface area contributed by atoms with Crippen molar-refractivity contribution < 1.29 is 13.2 Å². The van der Waals surface area contributed by atoms with Gasteiger partial charge in [0.1, 0.15) is 0 Å². The Morgan fingerprint density at radius 3 is 2.28 bits per heavy atom. The summed E-state index contributed by atoms with van der Waals surface area (Å²) in [6, 6.07) is 2.96. The van der Waals surface area contributed by atoms with Gasteiger partial charge in [0.15, 0.2) is 0 Å². The lowest BCUT2D eigenvalue weighted by Gasteiger charge is -2.17. The van der Waals surface area contributed by atoms with E-state index in [1.54, 1.807) is 6.92 Å². The van der Waals surface area contributed by atoms with Crippen LogP contribution in [0.4, 0.5) is 5.69 Å². The fourth-order valence-electron chi connectivity index (χ4n) is 1.72. The molecule has 1 amide bonds. The maximum atomic E-state index is 11.4. The molecule has 1 N–H and O–H groups in total. The highest BCUT2D eigenvalue weighted by atomic mass is 35.7. The molecule has 6 heteroatoms. The van der Waals surface area contributed by atoms with Crippen LogP contribution in [0.15, 0.2) is 17.0 Å². The summed E-state index contributed by atoms with van der Waals surface area (Å²) in [6.45, 7) is 6.99. The largest absolute Gasteiger partial charge is 0.326 e. The van der Waals surface area contributed by atoms with Crippen molar-refractivity contribution in [1.29, 1.82) is 0 Å². The van der Waals surface area contributed by atoms with Crippen molar-refractivity contribution in [1.82, 2.24) is 0 Å². The molecule has 1 aromatic rings. The molecule has 1 aromatic carbocycles.